The Morgan fingerprint density at radius 1 is 1.15 bits per heavy atom. The summed E-state index contributed by atoms with van der Waals surface area (Å²) in [6.07, 6.45) is 0. The average molecular weight is 289 g/mol. The van der Waals surface area contributed by atoms with Crippen molar-refractivity contribution in [2.24, 2.45) is 0 Å². The molecule has 0 radical (unpaired) electrons. The number of halogens is 1. The lowest BCUT2D eigenvalue weighted by Crippen LogP contribution is -1.99. The molecule has 0 unspecified atom stereocenters. The molecule has 0 aliphatic carbocycles. The van der Waals surface area contributed by atoms with Crippen LogP contribution in [0.25, 0.3) is 16.9 Å². The Kier molecular flexibility index (Phi) is 3.06. The number of nitrogens with zero attached hydrogens (tertiary/aromatic N) is 4. The second-order valence-electron chi connectivity index (χ2n) is 4.43. The van der Waals surface area contributed by atoms with Crippen LogP contribution >= 0.6 is 11.6 Å². The highest BCUT2D eigenvalue weighted by molar-refractivity contribution is 6.33. The van der Waals surface area contributed by atoms with Gasteiger partial charge >= 0.3 is 0 Å². The second-order valence-corrected chi connectivity index (χ2v) is 4.79. The zero-order valence-corrected chi connectivity index (χ0v) is 12.1. The summed E-state index contributed by atoms with van der Waals surface area (Å²) in [5, 5.41) is 0.399. The molecule has 0 aliphatic rings. The van der Waals surface area contributed by atoms with Gasteiger partial charge in [-0.3, -0.25) is 4.57 Å². The van der Waals surface area contributed by atoms with Crippen LogP contribution in [0.15, 0.2) is 24.3 Å². The summed E-state index contributed by atoms with van der Waals surface area (Å²) in [4.78, 5) is 13.0. The predicted octanol–water partition coefficient (Wildman–Crippen LogP) is 3.09. The Morgan fingerprint density at radius 2 is 1.95 bits per heavy atom. The van der Waals surface area contributed by atoms with Crippen molar-refractivity contribution in [2.75, 3.05) is 7.11 Å². The Balaban J connectivity index is 2.32. The highest BCUT2D eigenvalue weighted by Gasteiger charge is 2.15. The van der Waals surface area contributed by atoms with E-state index in [1.807, 2.05) is 35.8 Å². The molecule has 0 bridgehead atoms. The van der Waals surface area contributed by atoms with E-state index in [-0.39, 0.29) is 0 Å². The van der Waals surface area contributed by atoms with Gasteiger partial charge in [-0.2, -0.15) is 0 Å². The van der Waals surface area contributed by atoms with E-state index in [4.69, 9.17) is 16.3 Å². The summed E-state index contributed by atoms with van der Waals surface area (Å²) in [5.74, 6) is 2.18. The normalized spacial score (nSPS) is 11.0. The molecule has 102 valence electrons. The van der Waals surface area contributed by atoms with Gasteiger partial charge in [0.1, 0.15) is 22.9 Å². The fraction of sp³-hybridized carbons (Fsp3) is 0.214. The van der Waals surface area contributed by atoms with E-state index in [2.05, 4.69) is 15.0 Å². The summed E-state index contributed by atoms with van der Waals surface area (Å²) < 4.78 is 7.19. The van der Waals surface area contributed by atoms with Crippen LogP contribution in [0.3, 0.4) is 0 Å². The summed E-state index contributed by atoms with van der Waals surface area (Å²) >= 11 is 6.26. The summed E-state index contributed by atoms with van der Waals surface area (Å²) in [5.41, 5.74) is 2.23. The summed E-state index contributed by atoms with van der Waals surface area (Å²) in [6.45, 7) is 3.71. The molecule has 0 saturated carbocycles. The number of rotatable bonds is 2. The minimum atomic E-state index is 0.399. The molecule has 6 heteroatoms. The van der Waals surface area contributed by atoms with Crippen molar-refractivity contribution in [1.29, 1.82) is 0 Å². The molecule has 20 heavy (non-hydrogen) atoms. The molecule has 0 fully saturated rings. The van der Waals surface area contributed by atoms with Crippen molar-refractivity contribution >= 4 is 22.8 Å². The molecule has 1 aromatic carbocycles. The molecule has 0 atom stereocenters. The standard InChI is InChI=1S/C14H13ClN4O/c1-8-16-13(15)12-14(17-8)18-9(2)19(12)10-5-4-6-11(7-10)20-3/h4-7H,1-3H3. The molecule has 3 aromatic rings. The highest BCUT2D eigenvalue weighted by atomic mass is 35.5. The quantitative estimate of drug-likeness (QED) is 0.680. The predicted molar refractivity (Wildman–Crippen MR) is 77.7 cm³/mol. The minimum absolute atomic E-state index is 0.399. The van der Waals surface area contributed by atoms with Gasteiger partial charge in [-0.05, 0) is 26.0 Å². The van der Waals surface area contributed by atoms with Crippen LogP contribution in [-0.4, -0.2) is 26.6 Å². The molecular weight excluding hydrogens is 276 g/mol. The Bertz CT molecular complexity index is 797. The topological polar surface area (TPSA) is 52.8 Å². The van der Waals surface area contributed by atoms with Gasteiger partial charge in [0.2, 0.25) is 0 Å². The van der Waals surface area contributed by atoms with E-state index in [9.17, 15) is 0 Å². The van der Waals surface area contributed by atoms with Crippen molar-refractivity contribution in [3.63, 3.8) is 0 Å². The fourth-order valence-electron chi connectivity index (χ4n) is 2.22. The van der Waals surface area contributed by atoms with Crippen LogP contribution in [0.5, 0.6) is 5.75 Å². The molecule has 0 amide bonds. The van der Waals surface area contributed by atoms with Gasteiger partial charge in [0.25, 0.3) is 0 Å². The number of ether oxygens (including phenoxy) is 1. The molecule has 5 nitrogen and oxygen atoms in total. The van der Waals surface area contributed by atoms with Crippen LogP contribution < -0.4 is 4.74 Å². The van der Waals surface area contributed by atoms with E-state index in [1.54, 1.807) is 14.0 Å². The number of methoxy groups -OCH3 is 1. The lowest BCUT2D eigenvalue weighted by atomic mass is 10.3. The summed E-state index contributed by atoms with van der Waals surface area (Å²) in [7, 11) is 1.64. The third-order valence-electron chi connectivity index (χ3n) is 3.06. The number of hydrogen-bond acceptors (Lipinski definition) is 4. The van der Waals surface area contributed by atoms with Crippen molar-refractivity contribution in [3.05, 3.63) is 41.1 Å². The van der Waals surface area contributed by atoms with Gasteiger partial charge in [0, 0.05) is 6.07 Å². The van der Waals surface area contributed by atoms with Crippen molar-refractivity contribution < 1.29 is 4.74 Å². The first-order chi connectivity index (χ1) is 9.60. The van der Waals surface area contributed by atoms with E-state index in [1.165, 1.54) is 0 Å². The van der Waals surface area contributed by atoms with Crippen LogP contribution in [0.1, 0.15) is 11.6 Å². The molecule has 0 spiro atoms. The van der Waals surface area contributed by atoms with E-state index < -0.39 is 0 Å². The lowest BCUT2D eigenvalue weighted by molar-refractivity contribution is 0.414. The molecule has 0 saturated heterocycles. The van der Waals surface area contributed by atoms with Gasteiger partial charge in [-0.1, -0.05) is 17.7 Å². The molecule has 0 aliphatic heterocycles. The SMILES string of the molecule is COc1cccc(-n2c(C)nc3nc(C)nc(Cl)c32)c1. The first-order valence-electron chi connectivity index (χ1n) is 6.14. The lowest BCUT2D eigenvalue weighted by Gasteiger charge is -2.09. The van der Waals surface area contributed by atoms with Crippen LogP contribution in [-0.2, 0) is 0 Å². The Hall–Kier alpha value is -2.14. The van der Waals surface area contributed by atoms with Gasteiger partial charge in [-0.25, -0.2) is 15.0 Å². The number of imidazole rings is 1. The van der Waals surface area contributed by atoms with Gasteiger partial charge in [0.05, 0.1) is 12.8 Å². The average Bonchev–Trinajstić information content (AvgIpc) is 2.75. The zero-order chi connectivity index (χ0) is 14.3. The van der Waals surface area contributed by atoms with Gasteiger partial charge < -0.3 is 4.74 Å². The van der Waals surface area contributed by atoms with Crippen LogP contribution in [0.2, 0.25) is 5.15 Å². The van der Waals surface area contributed by atoms with Crippen molar-refractivity contribution in [2.45, 2.75) is 13.8 Å². The molecule has 3 rings (SSSR count). The maximum Gasteiger partial charge on any atom is 0.183 e. The smallest absolute Gasteiger partial charge is 0.183 e. The van der Waals surface area contributed by atoms with Gasteiger partial charge in [-0.15, -0.1) is 0 Å². The van der Waals surface area contributed by atoms with E-state index in [0.29, 0.717) is 22.1 Å². The maximum atomic E-state index is 6.26. The number of benzene rings is 1. The third kappa shape index (κ3) is 2.00. The van der Waals surface area contributed by atoms with E-state index >= 15 is 0 Å². The number of hydrogen-bond donors (Lipinski definition) is 0. The van der Waals surface area contributed by atoms with Crippen molar-refractivity contribution in [3.8, 4) is 11.4 Å². The fourth-order valence-corrected chi connectivity index (χ4v) is 2.51. The highest BCUT2D eigenvalue weighted by Crippen LogP contribution is 2.27. The number of fused-ring (bicyclic) bond motifs is 1. The molecular formula is C14H13ClN4O. The second kappa shape index (κ2) is 4.76. The minimum Gasteiger partial charge on any atom is -0.497 e. The van der Waals surface area contributed by atoms with Crippen molar-refractivity contribution in [1.82, 2.24) is 19.5 Å². The third-order valence-corrected chi connectivity index (χ3v) is 3.32. The maximum absolute atomic E-state index is 6.26. The monoisotopic (exact) mass is 288 g/mol. The molecule has 2 heterocycles. The van der Waals surface area contributed by atoms with E-state index in [0.717, 1.165) is 17.3 Å². The first-order valence-corrected chi connectivity index (χ1v) is 6.51. The number of aryl methyl sites for hydroxylation is 2. The largest absolute Gasteiger partial charge is 0.497 e. The summed E-state index contributed by atoms with van der Waals surface area (Å²) in [6, 6.07) is 7.69. The zero-order valence-electron chi connectivity index (χ0n) is 11.4. The van der Waals surface area contributed by atoms with Gasteiger partial charge in [0.15, 0.2) is 10.8 Å². The number of aromatic nitrogens is 4. The first kappa shape index (κ1) is 12.9. The Labute approximate surface area is 121 Å². The Morgan fingerprint density at radius 3 is 2.70 bits per heavy atom. The van der Waals surface area contributed by atoms with Crippen LogP contribution in [0.4, 0.5) is 0 Å². The molecule has 0 N–H and O–H groups in total. The van der Waals surface area contributed by atoms with Crippen LogP contribution in [0, 0.1) is 13.8 Å². The molecule has 2 aromatic heterocycles.